The molecule has 4 amide bonds. The van der Waals surface area contributed by atoms with Crippen LogP contribution in [0.25, 0.3) is 0 Å². The van der Waals surface area contributed by atoms with E-state index in [4.69, 9.17) is 0 Å². The minimum atomic E-state index is -1.30. The smallest absolute Gasteiger partial charge is 0.318 e. The van der Waals surface area contributed by atoms with E-state index in [2.05, 4.69) is 16.1 Å². The zero-order valence-corrected chi connectivity index (χ0v) is 15.8. The number of imide groups is 1. The molecule has 0 bridgehead atoms. The first kappa shape index (κ1) is 20.4. The highest BCUT2D eigenvalue weighted by molar-refractivity contribution is 6.08. The van der Waals surface area contributed by atoms with Crippen LogP contribution in [0, 0.1) is 11.6 Å². The Bertz CT molecular complexity index is 954. The zero-order valence-electron chi connectivity index (χ0n) is 15.8. The molecule has 1 aliphatic rings. The molecular weight excluding hydrogens is 382 g/mol. The Labute approximate surface area is 166 Å². The normalized spacial score (nSPS) is 19.8. The molecule has 3 N–H and O–H groups in total. The van der Waals surface area contributed by atoms with Crippen LogP contribution >= 0.6 is 0 Å². The van der Waals surface area contributed by atoms with E-state index in [0.29, 0.717) is 10.6 Å². The van der Waals surface area contributed by atoms with Crippen molar-refractivity contribution in [2.24, 2.45) is 0 Å². The first-order valence-electron chi connectivity index (χ1n) is 8.92. The summed E-state index contributed by atoms with van der Waals surface area (Å²) in [6.45, 7) is 2.85. The van der Waals surface area contributed by atoms with Gasteiger partial charge in [0.2, 0.25) is 0 Å². The van der Waals surface area contributed by atoms with E-state index >= 15 is 0 Å². The fourth-order valence-electron chi connectivity index (χ4n) is 3.08. The SMILES string of the molecule is C[C@H](NCC(=O)NN1C(=O)N[C@@](C)(c2ccccc2)C1=O)c1ccc(F)cc1F. The number of hydrazine groups is 1. The fraction of sp³-hybridized carbons (Fsp3) is 0.250. The quantitative estimate of drug-likeness (QED) is 0.646. The maximum atomic E-state index is 13.8. The second kappa shape index (κ2) is 7.96. The van der Waals surface area contributed by atoms with Crippen molar-refractivity contribution in [1.82, 2.24) is 21.1 Å². The predicted molar refractivity (Wildman–Crippen MR) is 100 cm³/mol. The number of carbonyl (C=O) groups is 3. The molecule has 2 atom stereocenters. The molecule has 152 valence electrons. The molecular formula is C20H20F2N4O3. The number of benzene rings is 2. The lowest BCUT2D eigenvalue weighted by Gasteiger charge is -2.22. The van der Waals surface area contributed by atoms with Crippen LogP contribution < -0.4 is 16.1 Å². The summed E-state index contributed by atoms with van der Waals surface area (Å²) in [6.07, 6.45) is 0. The van der Waals surface area contributed by atoms with E-state index in [9.17, 15) is 23.2 Å². The van der Waals surface area contributed by atoms with Crippen LogP contribution in [-0.4, -0.2) is 29.4 Å². The minimum Gasteiger partial charge on any atom is -0.318 e. The summed E-state index contributed by atoms with van der Waals surface area (Å²) >= 11 is 0. The Kier molecular flexibility index (Phi) is 5.60. The molecule has 1 aliphatic heterocycles. The molecule has 9 heteroatoms. The van der Waals surface area contributed by atoms with Crippen molar-refractivity contribution in [2.45, 2.75) is 25.4 Å². The number of hydrogen-bond donors (Lipinski definition) is 3. The molecule has 1 saturated heterocycles. The molecule has 0 aromatic heterocycles. The van der Waals surface area contributed by atoms with Crippen LogP contribution in [0.15, 0.2) is 48.5 Å². The number of rotatable bonds is 6. The van der Waals surface area contributed by atoms with Crippen molar-refractivity contribution in [3.05, 3.63) is 71.3 Å². The second-order valence-electron chi connectivity index (χ2n) is 6.87. The van der Waals surface area contributed by atoms with E-state index in [1.165, 1.54) is 6.07 Å². The van der Waals surface area contributed by atoms with Crippen molar-refractivity contribution in [3.8, 4) is 0 Å². The lowest BCUT2D eigenvalue weighted by molar-refractivity contribution is -0.138. The lowest BCUT2D eigenvalue weighted by Crippen LogP contribution is -2.50. The number of nitrogens with one attached hydrogen (secondary N) is 3. The largest absolute Gasteiger partial charge is 0.344 e. The van der Waals surface area contributed by atoms with Gasteiger partial charge in [0.1, 0.15) is 17.2 Å². The summed E-state index contributed by atoms with van der Waals surface area (Å²) in [5.74, 6) is -2.73. The number of halogens is 2. The highest BCUT2D eigenvalue weighted by atomic mass is 19.1. The third-order valence-electron chi connectivity index (χ3n) is 4.78. The minimum absolute atomic E-state index is 0.186. The highest BCUT2D eigenvalue weighted by Crippen LogP contribution is 2.27. The van der Waals surface area contributed by atoms with Crippen LogP contribution in [0.1, 0.15) is 31.0 Å². The Morgan fingerprint density at radius 1 is 1.17 bits per heavy atom. The Morgan fingerprint density at radius 2 is 1.86 bits per heavy atom. The van der Waals surface area contributed by atoms with Gasteiger partial charge in [-0.15, -0.1) is 0 Å². The Balaban J connectivity index is 1.62. The van der Waals surface area contributed by atoms with E-state index in [1.807, 2.05) is 0 Å². The first-order chi connectivity index (χ1) is 13.7. The summed E-state index contributed by atoms with van der Waals surface area (Å²) in [5, 5.41) is 5.97. The topological polar surface area (TPSA) is 90.5 Å². The highest BCUT2D eigenvalue weighted by Gasteiger charge is 2.49. The summed E-state index contributed by atoms with van der Waals surface area (Å²) in [4.78, 5) is 37.2. The van der Waals surface area contributed by atoms with Crippen LogP contribution in [0.5, 0.6) is 0 Å². The van der Waals surface area contributed by atoms with Crippen LogP contribution in [-0.2, 0) is 15.1 Å². The summed E-state index contributed by atoms with van der Waals surface area (Å²) < 4.78 is 26.8. The molecule has 0 radical (unpaired) electrons. The number of amides is 4. The summed E-state index contributed by atoms with van der Waals surface area (Å²) in [6, 6.07) is 10.5. The number of nitrogens with zero attached hydrogens (tertiary/aromatic N) is 1. The standard InChI is InChI=1S/C20H20F2N4O3/c1-12(15-9-8-14(21)10-16(15)22)23-11-17(27)25-26-18(28)20(2,24-19(26)29)13-6-4-3-5-7-13/h3-10,12,23H,11H2,1-2H3,(H,24,29)(H,25,27)/t12-,20-/m0/s1. The lowest BCUT2D eigenvalue weighted by atomic mass is 9.92. The number of carbonyl (C=O) groups excluding carboxylic acids is 3. The molecule has 1 heterocycles. The Hall–Kier alpha value is -3.33. The molecule has 2 aromatic carbocycles. The van der Waals surface area contributed by atoms with Gasteiger partial charge >= 0.3 is 6.03 Å². The Morgan fingerprint density at radius 3 is 2.52 bits per heavy atom. The van der Waals surface area contributed by atoms with Crippen molar-refractivity contribution in [2.75, 3.05) is 6.54 Å². The molecule has 0 unspecified atom stereocenters. The van der Waals surface area contributed by atoms with Gasteiger partial charge in [-0.1, -0.05) is 36.4 Å². The monoisotopic (exact) mass is 402 g/mol. The van der Waals surface area contributed by atoms with Gasteiger partial charge in [0.25, 0.3) is 11.8 Å². The molecule has 7 nitrogen and oxygen atoms in total. The predicted octanol–water partition coefficient (Wildman–Crippen LogP) is 2.11. The maximum Gasteiger partial charge on any atom is 0.344 e. The molecule has 0 saturated carbocycles. The number of hydrogen-bond acceptors (Lipinski definition) is 4. The number of urea groups is 1. The molecule has 0 spiro atoms. The van der Waals surface area contributed by atoms with Crippen molar-refractivity contribution in [3.63, 3.8) is 0 Å². The zero-order chi connectivity index (χ0) is 21.2. The van der Waals surface area contributed by atoms with Crippen LogP contribution in [0.2, 0.25) is 0 Å². The summed E-state index contributed by atoms with van der Waals surface area (Å²) in [5.41, 5.74) is 1.71. The van der Waals surface area contributed by atoms with Gasteiger partial charge in [-0.3, -0.25) is 15.0 Å². The van der Waals surface area contributed by atoms with Gasteiger partial charge in [-0.2, -0.15) is 5.01 Å². The average molecular weight is 402 g/mol. The van der Waals surface area contributed by atoms with Crippen molar-refractivity contribution in [1.29, 1.82) is 0 Å². The van der Waals surface area contributed by atoms with Gasteiger partial charge in [0.05, 0.1) is 6.54 Å². The molecule has 29 heavy (non-hydrogen) atoms. The second-order valence-corrected chi connectivity index (χ2v) is 6.87. The van der Waals surface area contributed by atoms with E-state index in [1.54, 1.807) is 44.2 Å². The van der Waals surface area contributed by atoms with Gasteiger partial charge in [0.15, 0.2) is 0 Å². The van der Waals surface area contributed by atoms with Gasteiger partial charge in [-0.25, -0.2) is 13.6 Å². The van der Waals surface area contributed by atoms with Crippen molar-refractivity contribution >= 4 is 17.8 Å². The molecule has 2 aromatic rings. The molecule has 3 rings (SSSR count). The first-order valence-corrected chi connectivity index (χ1v) is 8.92. The average Bonchev–Trinajstić information content (AvgIpc) is 2.91. The van der Waals surface area contributed by atoms with Gasteiger partial charge in [0, 0.05) is 17.7 Å². The van der Waals surface area contributed by atoms with Crippen molar-refractivity contribution < 1.29 is 23.2 Å². The van der Waals surface area contributed by atoms with Gasteiger partial charge < -0.3 is 10.6 Å². The third-order valence-corrected chi connectivity index (χ3v) is 4.78. The molecule has 0 aliphatic carbocycles. The summed E-state index contributed by atoms with van der Waals surface area (Å²) in [7, 11) is 0. The van der Waals surface area contributed by atoms with E-state index < -0.39 is 41.1 Å². The molecule has 1 fully saturated rings. The van der Waals surface area contributed by atoms with E-state index in [-0.39, 0.29) is 12.1 Å². The van der Waals surface area contributed by atoms with E-state index in [0.717, 1.165) is 12.1 Å². The maximum absolute atomic E-state index is 13.8. The fourth-order valence-corrected chi connectivity index (χ4v) is 3.08. The van der Waals surface area contributed by atoms with Crippen LogP contribution in [0.4, 0.5) is 13.6 Å². The third kappa shape index (κ3) is 4.09. The van der Waals surface area contributed by atoms with Gasteiger partial charge in [-0.05, 0) is 25.5 Å². The van der Waals surface area contributed by atoms with Crippen LogP contribution in [0.3, 0.4) is 0 Å².